The van der Waals surface area contributed by atoms with Crippen LogP contribution in [0, 0.1) is 6.92 Å². The van der Waals surface area contributed by atoms with Gasteiger partial charge in [-0.15, -0.1) is 0 Å². The molecule has 0 amide bonds. The van der Waals surface area contributed by atoms with Crippen molar-refractivity contribution in [3.63, 3.8) is 0 Å². The first-order valence-corrected chi connectivity index (χ1v) is 6.59. The van der Waals surface area contributed by atoms with E-state index in [4.69, 9.17) is 5.73 Å². The number of rotatable bonds is 5. The summed E-state index contributed by atoms with van der Waals surface area (Å²) in [5, 5.41) is 6.56. The van der Waals surface area contributed by atoms with Crippen molar-refractivity contribution in [3.05, 3.63) is 30.4 Å². The van der Waals surface area contributed by atoms with Crippen molar-refractivity contribution in [2.75, 3.05) is 29.5 Å². The zero-order valence-electron chi connectivity index (χ0n) is 11.6. The van der Waals surface area contributed by atoms with E-state index in [-0.39, 0.29) is 5.95 Å². The summed E-state index contributed by atoms with van der Waals surface area (Å²) < 4.78 is 0. The molecule has 3 rings (SSSR count). The Labute approximate surface area is 121 Å². The molecule has 0 aliphatic heterocycles. The Kier molecular flexibility index (Phi) is 3.50. The number of aryl methyl sites for hydroxylation is 1. The third-order valence-corrected chi connectivity index (χ3v) is 3.06. The summed E-state index contributed by atoms with van der Waals surface area (Å²) in [6, 6.07) is 1.95. The minimum absolute atomic E-state index is 0.204. The number of nitrogens with one attached hydrogen (secondary N) is 3. The predicted molar refractivity (Wildman–Crippen MR) is 82.0 cm³/mol. The number of hydrogen-bond acceptors (Lipinski definition) is 7. The summed E-state index contributed by atoms with van der Waals surface area (Å²) in [5.41, 5.74) is 9.15. The van der Waals surface area contributed by atoms with Crippen molar-refractivity contribution < 1.29 is 0 Å². The Hall–Kier alpha value is -2.90. The number of hydrogen-bond donors (Lipinski definition) is 4. The molecule has 0 unspecified atom stereocenters. The van der Waals surface area contributed by atoms with E-state index in [0.717, 1.165) is 23.3 Å². The number of pyridine rings is 1. The molecule has 0 aliphatic carbocycles. The lowest BCUT2D eigenvalue weighted by atomic mass is 10.2. The number of fused-ring (bicyclic) bond motifs is 1. The Balaban J connectivity index is 1.62. The second kappa shape index (κ2) is 5.61. The average Bonchev–Trinajstić information content (AvgIpc) is 2.93. The number of aromatic nitrogens is 5. The van der Waals surface area contributed by atoms with Crippen LogP contribution in [0.3, 0.4) is 0 Å². The van der Waals surface area contributed by atoms with Crippen molar-refractivity contribution in [1.29, 1.82) is 0 Å². The quantitative estimate of drug-likeness (QED) is 0.519. The number of nitrogens with zero attached hydrogens (tertiary/aromatic N) is 4. The van der Waals surface area contributed by atoms with Gasteiger partial charge in [-0.25, -0.2) is 4.98 Å². The Morgan fingerprint density at radius 1 is 1.24 bits per heavy atom. The standard InChI is InChI=1S/C13H16N8/c1-8-6-15-3-2-9(8)16-4-5-17-11-10-12(19-7-18-10)21-13(14)20-11/h2-3,6-7H,4-5H2,1H3,(H,15,16)(H4,14,17,18,19,20,21). The van der Waals surface area contributed by atoms with Crippen LogP contribution in [0.5, 0.6) is 0 Å². The van der Waals surface area contributed by atoms with Crippen LogP contribution >= 0.6 is 0 Å². The summed E-state index contributed by atoms with van der Waals surface area (Å²) in [5.74, 6) is 0.860. The normalized spacial score (nSPS) is 10.7. The number of imidazole rings is 1. The highest BCUT2D eigenvalue weighted by atomic mass is 15.1. The van der Waals surface area contributed by atoms with Crippen LogP contribution in [-0.4, -0.2) is 38.0 Å². The maximum Gasteiger partial charge on any atom is 0.224 e. The van der Waals surface area contributed by atoms with Gasteiger partial charge >= 0.3 is 0 Å². The molecule has 0 bridgehead atoms. The predicted octanol–water partition coefficient (Wildman–Crippen LogP) is 1.16. The summed E-state index contributed by atoms with van der Waals surface area (Å²) in [7, 11) is 0. The van der Waals surface area contributed by atoms with E-state index in [1.807, 2.05) is 19.2 Å². The van der Waals surface area contributed by atoms with Gasteiger partial charge in [0, 0.05) is 31.2 Å². The lowest BCUT2D eigenvalue weighted by Crippen LogP contribution is -2.15. The third kappa shape index (κ3) is 2.83. The molecule has 0 fully saturated rings. The average molecular weight is 284 g/mol. The van der Waals surface area contributed by atoms with Crippen LogP contribution in [0.25, 0.3) is 11.2 Å². The van der Waals surface area contributed by atoms with Gasteiger partial charge in [-0.05, 0) is 18.6 Å². The molecule has 0 spiro atoms. The van der Waals surface area contributed by atoms with Crippen molar-refractivity contribution in [2.24, 2.45) is 0 Å². The lowest BCUT2D eigenvalue weighted by molar-refractivity contribution is 1.05. The fraction of sp³-hybridized carbons (Fsp3) is 0.231. The SMILES string of the molecule is Cc1cnccc1NCCNc1nc(N)nc2nc[nH]c12. The van der Waals surface area contributed by atoms with Gasteiger partial charge in [-0.2, -0.15) is 9.97 Å². The molecule has 3 heterocycles. The van der Waals surface area contributed by atoms with Crippen molar-refractivity contribution in [3.8, 4) is 0 Å². The molecule has 8 nitrogen and oxygen atoms in total. The van der Waals surface area contributed by atoms with Crippen molar-refractivity contribution >= 4 is 28.6 Å². The highest BCUT2D eigenvalue weighted by Crippen LogP contribution is 2.17. The van der Waals surface area contributed by atoms with Gasteiger partial charge in [0.15, 0.2) is 11.5 Å². The van der Waals surface area contributed by atoms with Gasteiger partial charge < -0.3 is 21.4 Å². The van der Waals surface area contributed by atoms with Gasteiger partial charge in [0.1, 0.15) is 5.52 Å². The molecule has 21 heavy (non-hydrogen) atoms. The molecule has 0 saturated carbocycles. The van der Waals surface area contributed by atoms with Crippen LogP contribution < -0.4 is 16.4 Å². The molecule has 8 heteroatoms. The summed E-state index contributed by atoms with van der Waals surface area (Å²) in [4.78, 5) is 19.4. The van der Waals surface area contributed by atoms with E-state index in [1.54, 1.807) is 12.5 Å². The van der Waals surface area contributed by atoms with Crippen LogP contribution in [0.4, 0.5) is 17.5 Å². The molecule has 108 valence electrons. The number of H-pyrrole nitrogens is 1. The van der Waals surface area contributed by atoms with Crippen molar-refractivity contribution in [1.82, 2.24) is 24.9 Å². The summed E-state index contributed by atoms with van der Waals surface area (Å²) in [6.45, 7) is 3.44. The van der Waals surface area contributed by atoms with E-state index in [1.165, 1.54) is 0 Å². The first-order valence-electron chi connectivity index (χ1n) is 6.59. The highest BCUT2D eigenvalue weighted by molar-refractivity contribution is 5.83. The zero-order chi connectivity index (χ0) is 14.7. The number of anilines is 3. The molecular weight excluding hydrogens is 268 g/mol. The minimum Gasteiger partial charge on any atom is -0.383 e. The molecule has 3 aromatic heterocycles. The van der Waals surface area contributed by atoms with Crippen LogP contribution in [0.2, 0.25) is 0 Å². The molecule has 0 saturated heterocycles. The minimum atomic E-state index is 0.204. The highest BCUT2D eigenvalue weighted by Gasteiger charge is 2.07. The van der Waals surface area contributed by atoms with Gasteiger partial charge in [-0.3, -0.25) is 4.98 Å². The van der Waals surface area contributed by atoms with Gasteiger partial charge in [-0.1, -0.05) is 0 Å². The Morgan fingerprint density at radius 2 is 2.10 bits per heavy atom. The topological polar surface area (TPSA) is 117 Å². The number of nitrogen functional groups attached to an aromatic ring is 1. The van der Waals surface area contributed by atoms with E-state index in [9.17, 15) is 0 Å². The van der Waals surface area contributed by atoms with E-state index in [0.29, 0.717) is 18.0 Å². The fourth-order valence-electron chi connectivity index (χ4n) is 2.03. The lowest BCUT2D eigenvalue weighted by Gasteiger charge is -2.10. The van der Waals surface area contributed by atoms with E-state index >= 15 is 0 Å². The Morgan fingerprint density at radius 3 is 2.95 bits per heavy atom. The second-order valence-electron chi connectivity index (χ2n) is 4.58. The summed E-state index contributed by atoms with van der Waals surface area (Å²) >= 11 is 0. The first kappa shape index (κ1) is 13.1. The molecular formula is C13H16N8. The molecule has 0 atom stereocenters. The molecule has 5 N–H and O–H groups in total. The number of aromatic amines is 1. The van der Waals surface area contributed by atoms with Crippen molar-refractivity contribution in [2.45, 2.75) is 6.92 Å². The number of nitrogens with two attached hydrogens (primary N) is 1. The molecule has 0 radical (unpaired) electrons. The van der Waals surface area contributed by atoms with E-state index in [2.05, 4.69) is 35.6 Å². The molecule has 0 aromatic carbocycles. The van der Waals surface area contributed by atoms with Crippen LogP contribution in [0.1, 0.15) is 5.56 Å². The van der Waals surface area contributed by atoms with Gasteiger partial charge in [0.2, 0.25) is 5.95 Å². The Bertz CT molecular complexity index is 751. The molecule has 0 aliphatic rings. The third-order valence-electron chi connectivity index (χ3n) is 3.06. The maximum atomic E-state index is 5.66. The van der Waals surface area contributed by atoms with Crippen LogP contribution in [0.15, 0.2) is 24.8 Å². The smallest absolute Gasteiger partial charge is 0.224 e. The van der Waals surface area contributed by atoms with E-state index < -0.39 is 0 Å². The second-order valence-corrected chi connectivity index (χ2v) is 4.58. The largest absolute Gasteiger partial charge is 0.383 e. The first-order chi connectivity index (χ1) is 10.2. The van der Waals surface area contributed by atoms with Crippen LogP contribution in [-0.2, 0) is 0 Å². The van der Waals surface area contributed by atoms with Gasteiger partial charge in [0.05, 0.1) is 6.33 Å². The summed E-state index contributed by atoms with van der Waals surface area (Å²) in [6.07, 6.45) is 5.17. The maximum absolute atomic E-state index is 5.66. The monoisotopic (exact) mass is 284 g/mol. The fourth-order valence-corrected chi connectivity index (χ4v) is 2.03. The molecule has 3 aromatic rings. The zero-order valence-corrected chi connectivity index (χ0v) is 11.6. The van der Waals surface area contributed by atoms with Gasteiger partial charge in [0.25, 0.3) is 0 Å².